The van der Waals surface area contributed by atoms with Crippen molar-refractivity contribution in [2.24, 2.45) is 0 Å². The lowest BCUT2D eigenvalue weighted by Gasteiger charge is -1.74. The Hall–Kier alpha value is -1.28. The topological polar surface area (TPSA) is 27.3 Å². The second-order valence-electron chi connectivity index (χ2n) is 2.29. The number of hydrogen-bond donors (Lipinski definition) is 0. The number of oxazole rings is 1. The van der Waals surface area contributed by atoms with Crippen molar-refractivity contribution in [3.05, 3.63) is 36.7 Å². The molecule has 0 spiro atoms. The van der Waals surface area contributed by atoms with E-state index in [0.29, 0.717) is 5.89 Å². The first-order valence-electron chi connectivity index (χ1n) is 3.43. The molecule has 0 unspecified atom stereocenters. The van der Waals surface area contributed by atoms with Crippen LogP contribution in [-0.2, 0) is 0 Å². The molecule has 0 aliphatic heterocycles. The predicted molar refractivity (Wildman–Crippen MR) is 42.9 cm³/mol. The van der Waals surface area contributed by atoms with Gasteiger partial charge in [0.2, 0.25) is 11.1 Å². The summed E-state index contributed by atoms with van der Waals surface area (Å²) < 4.78 is 5.34. The first-order chi connectivity index (χ1) is 5.40. The van der Waals surface area contributed by atoms with Crippen molar-refractivity contribution >= 4 is 17.2 Å². The lowest BCUT2D eigenvalue weighted by molar-refractivity contribution is -0.357. The van der Waals surface area contributed by atoms with Gasteiger partial charge in [0, 0.05) is 12.1 Å². The quantitative estimate of drug-likeness (QED) is 0.549. The molecular weight excluding hydrogens is 174 g/mol. The van der Waals surface area contributed by atoms with E-state index in [2.05, 4.69) is 11.6 Å². The molecule has 62 valence electrons. The molecule has 1 aromatic carbocycles. The Balaban J connectivity index is 0.000000720. The molecule has 1 heterocycles. The molecule has 2 nitrogen and oxygen atoms in total. The fraction of sp³-hybridized carbons (Fsp3) is 0. The van der Waals surface area contributed by atoms with Gasteiger partial charge in [-0.25, -0.2) is 0 Å². The highest BCUT2D eigenvalue weighted by atomic mass is 35.5. The minimum absolute atomic E-state index is 0. The average molecular weight is 182 g/mol. The van der Waals surface area contributed by atoms with Crippen LogP contribution in [0.3, 0.4) is 0 Å². The van der Waals surface area contributed by atoms with Crippen molar-refractivity contribution in [2.45, 2.75) is 0 Å². The van der Waals surface area contributed by atoms with E-state index in [1.165, 1.54) is 0 Å². The third-order valence-electron chi connectivity index (χ3n) is 1.55. The maximum absolute atomic E-state index is 5.34. The van der Waals surface area contributed by atoms with Crippen molar-refractivity contribution in [1.82, 2.24) is 0 Å². The summed E-state index contributed by atoms with van der Waals surface area (Å²) in [5, 5.41) is 0. The van der Waals surface area contributed by atoms with Crippen LogP contribution < -0.4 is 17.4 Å². The number of aromatic nitrogens is 1. The second-order valence-corrected chi connectivity index (χ2v) is 2.29. The summed E-state index contributed by atoms with van der Waals surface area (Å²) in [5.74, 6) is 0.700. The van der Waals surface area contributed by atoms with Crippen molar-refractivity contribution in [3.8, 4) is 0 Å². The Morgan fingerprint density at radius 1 is 1.33 bits per heavy atom. The van der Waals surface area contributed by atoms with E-state index < -0.39 is 0 Å². The van der Waals surface area contributed by atoms with E-state index in [4.69, 9.17) is 4.42 Å². The van der Waals surface area contributed by atoms with E-state index in [0.717, 1.165) is 11.1 Å². The molecule has 0 amide bonds. The van der Waals surface area contributed by atoms with Crippen LogP contribution >= 0.6 is 0 Å². The fourth-order valence-electron chi connectivity index (χ4n) is 1.03. The van der Waals surface area contributed by atoms with E-state index in [1.807, 2.05) is 24.3 Å². The molecule has 0 aliphatic rings. The van der Waals surface area contributed by atoms with Gasteiger partial charge in [-0.3, -0.25) is 0 Å². The van der Waals surface area contributed by atoms with Crippen LogP contribution in [0.4, 0.5) is 0 Å². The van der Waals surface area contributed by atoms with Gasteiger partial charge in [0.25, 0.3) is 0 Å². The first kappa shape index (κ1) is 8.81. The standard InChI is InChI=1S/C9H7NO.ClH/c1-2-9-10-7-5-3-4-6-8(7)11-9;/h2-6H,1H2;1H. The van der Waals surface area contributed by atoms with Crippen molar-refractivity contribution in [2.75, 3.05) is 0 Å². The number of hydrogen-bond acceptors (Lipinski definition) is 1. The summed E-state index contributed by atoms with van der Waals surface area (Å²) in [4.78, 5) is 3.06. The molecule has 3 heteroatoms. The van der Waals surface area contributed by atoms with E-state index in [9.17, 15) is 0 Å². The molecule has 0 aliphatic carbocycles. The van der Waals surface area contributed by atoms with Gasteiger partial charge in [0.05, 0.1) is 0 Å². The number of rotatable bonds is 1. The Kier molecular flexibility index (Phi) is 2.51. The van der Waals surface area contributed by atoms with Crippen molar-refractivity contribution in [3.63, 3.8) is 0 Å². The number of fused-ring (bicyclic) bond motifs is 1. The molecule has 0 atom stereocenters. The van der Waals surface area contributed by atoms with E-state index in [1.54, 1.807) is 6.08 Å². The Morgan fingerprint density at radius 2 is 2.08 bits per heavy atom. The zero-order chi connectivity index (χ0) is 7.68. The maximum Gasteiger partial charge on any atom is 0.371 e. The summed E-state index contributed by atoms with van der Waals surface area (Å²) in [6.45, 7) is 3.60. The van der Waals surface area contributed by atoms with Crippen LogP contribution in [0.5, 0.6) is 0 Å². The lowest BCUT2D eigenvalue weighted by atomic mass is 10.3. The van der Waals surface area contributed by atoms with Gasteiger partial charge in [0.15, 0.2) is 0 Å². The summed E-state index contributed by atoms with van der Waals surface area (Å²) >= 11 is 0. The summed E-state index contributed by atoms with van der Waals surface area (Å²) in [7, 11) is 0. The largest absolute Gasteiger partial charge is 1.00 e. The van der Waals surface area contributed by atoms with Crippen molar-refractivity contribution < 1.29 is 21.8 Å². The molecule has 1 aromatic heterocycles. The summed E-state index contributed by atoms with van der Waals surface area (Å²) in [6, 6.07) is 7.78. The molecular formula is C9H8ClNO. The highest BCUT2D eigenvalue weighted by Crippen LogP contribution is 2.10. The molecule has 0 saturated heterocycles. The average Bonchev–Trinajstić information content (AvgIpc) is 2.46. The fourth-order valence-corrected chi connectivity index (χ4v) is 1.03. The van der Waals surface area contributed by atoms with E-state index >= 15 is 0 Å². The molecule has 2 aromatic rings. The number of nitrogens with one attached hydrogen (secondary N) is 1. The van der Waals surface area contributed by atoms with Gasteiger partial charge in [-0.05, 0) is 6.07 Å². The summed E-state index contributed by atoms with van der Waals surface area (Å²) in [5.41, 5.74) is 1.87. The molecule has 0 radical (unpaired) electrons. The number of H-pyrrole nitrogens is 1. The van der Waals surface area contributed by atoms with Gasteiger partial charge in [-0.1, -0.05) is 18.7 Å². The lowest BCUT2D eigenvalue weighted by Crippen LogP contribution is -3.00. The molecule has 2 rings (SSSR count). The second kappa shape index (κ2) is 3.41. The SMILES string of the molecule is C=Cc1[nH+]c2ccccc2o1.[Cl-]. The van der Waals surface area contributed by atoms with Gasteiger partial charge >= 0.3 is 5.89 Å². The van der Waals surface area contributed by atoms with Gasteiger partial charge in [-0.15, -0.1) is 0 Å². The first-order valence-corrected chi connectivity index (χ1v) is 3.43. The maximum atomic E-state index is 5.34. The van der Waals surface area contributed by atoms with Crippen LogP contribution in [0.1, 0.15) is 5.89 Å². The minimum atomic E-state index is 0. The number of halogens is 1. The zero-order valence-electron chi connectivity index (χ0n) is 6.38. The normalized spacial score (nSPS) is 9.33. The highest BCUT2D eigenvalue weighted by molar-refractivity contribution is 5.68. The van der Waals surface area contributed by atoms with Crippen LogP contribution in [0.2, 0.25) is 0 Å². The predicted octanol–water partition coefficient (Wildman–Crippen LogP) is -1.11. The Morgan fingerprint density at radius 3 is 2.75 bits per heavy atom. The third kappa shape index (κ3) is 1.34. The molecule has 12 heavy (non-hydrogen) atoms. The third-order valence-corrected chi connectivity index (χ3v) is 1.55. The van der Waals surface area contributed by atoms with E-state index in [-0.39, 0.29) is 12.4 Å². The smallest absolute Gasteiger partial charge is 0.371 e. The Bertz CT molecular complexity index is 361. The zero-order valence-corrected chi connectivity index (χ0v) is 7.14. The molecule has 0 bridgehead atoms. The Labute approximate surface area is 76.3 Å². The minimum Gasteiger partial charge on any atom is -1.00 e. The van der Waals surface area contributed by atoms with Gasteiger partial charge < -0.3 is 16.8 Å². The number of aromatic amines is 1. The van der Waals surface area contributed by atoms with Crippen molar-refractivity contribution in [1.29, 1.82) is 0 Å². The van der Waals surface area contributed by atoms with Crippen LogP contribution in [-0.4, -0.2) is 0 Å². The number of para-hydroxylation sites is 2. The van der Waals surface area contributed by atoms with Crippen LogP contribution in [0.15, 0.2) is 35.3 Å². The van der Waals surface area contributed by atoms with Gasteiger partial charge in [-0.2, -0.15) is 4.98 Å². The molecule has 0 saturated carbocycles. The van der Waals surface area contributed by atoms with Crippen LogP contribution in [0, 0.1) is 0 Å². The molecule has 0 fully saturated rings. The van der Waals surface area contributed by atoms with Crippen LogP contribution in [0.25, 0.3) is 17.2 Å². The highest BCUT2D eigenvalue weighted by Gasteiger charge is 2.06. The monoisotopic (exact) mass is 181 g/mol. The number of benzene rings is 1. The summed E-state index contributed by atoms with van der Waals surface area (Å²) in [6.07, 6.45) is 1.65. The van der Waals surface area contributed by atoms with Gasteiger partial charge in [0.1, 0.15) is 0 Å². The molecule has 1 N–H and O–H groups in total.